The van der Waals surface area contributed by atoms with Gasteiger partial charge in [-0.15, -0.1) is 0 Å². The quantitative estimate of drug-likeness (QED) is 0.684. The Morgan fingerprint density at radius 1 is 1.36 bits per heavy atom. The van der Waals surface area contributed by atoms with Crippen molar-refractivity contribution >= 4 is 11.9 Å². The van der Waals surface area contributed by atoms with Crippen LogP contribution in [0.5, 0.6) is 0 Å². The molecule has 0 aromatic heterocycles. The molecule has 78 valence electrons. The largest absolute Gasteiger partial charge is 0.481 e. The highest BCUT2D eigenvalue weighted by Crippen LogP contribution is 2.60. The van der Waals surface area contributed by atoms with Crippen LogP contribution in [0.1, 0.15) is 19.8 Å². The molecule has 0 aliphatic heterocycles. The average Bonchev–Trinajstić information content (AvgIpc) is 2.62. The second-order valence-corrected chi connectivity index (χ2v) is 4.11. The summed E-state index contributed by atoms with van der Waals surface area (Å²) in [6, 6.07) is 0. The number of rotatable bonds is 3. The van der Waals surface area contributed by atoms with E-state index in [0.717, 1.165) is 0 Å². The summed E-state index contributed by atoms with van der Waals surface area (Å²) < 4.78 is 4.91. The van der Waals surface area contributed by atoms with Crippen LogP contribution < -0.4 is 0 Å². The van der Waals surface area contributed by atoms with Crippen molar-refractivity contribution in [2.75, 3.05) is 6.61 Å². The molecule has 0 radical (unpaired) electrons. The lowest BCUT2D eigenvalue weighted by atomic mass is 10.0. The fourth-order valence-corrected chi connectivity index (χ4v) is 2.63. The molecule has 4 nitrogen and oxygen atoms in total. The maximum atomic E-state index is 11.3. The predicted molar refractivity (Wildman–Crippen MR) is 47.5 cm³/mol. The van der Waals surface area contributed by atoms with Crippen LogP contribution in [0.2, 0.25) is 0 Å². The van der Waals surface area contributed by atoms with E-state index < -0.39 is 5.97 Å². The molecule has 0 aromatic rings. The lowest BCUT2D eigenvalue weighted by Gasteiger charge is -2.08. The summed E-state index contributed by atoms with van der Waals surface area (Å²) in [4.78, 5) is 22.0. The first-order valence-electron chi connectivity index (χ1n) is 5.04. The molecule has 2 rings (SSSR count). The first-order chi connectivity index (χ1) is 6.65. The van der Waals surface area contributed by atoms with E-state index in [1.807, 2.05) is 0 Å². The van der Waals surface area contributed by atoms with Crippen LogP contribution in [0.15, 0.2) is 0 Å². The zero-order chi connectivity index (χ0) is 10.3. The lowest BCUT2D eigenvalue weighted by molar-refractivity contribution is -0.147. The first kappa shape index (κ1) is 9.49. The Morgan fingerprint density at radius 2 is 1.93 bits per heavy atom. The number of hydrogen-bond donors (Lipinski definition) is 1. The van der Waals surface area contributed by atoms with Crippen molar-refractivity contribution < 1.29 is 19.4 Å². The minimum Gasteiger partial charge on any atom is -0.481 e. The summed E-state index contributed by atoms with van der Waals surface area (Å²) in [5.74, 6) is -0.502. The Morgan fingerprint density at radius 3 is 2.36 bits per heavy atom. The predicted octanol–water partition coefficient (Wildman–Crippen LogP) is 0.906. The van der Waals surface area contributed by atoms with Gasteiger partial charge in [-0.2, -0.15) is 0 Å². The number of aliphatic carboxylic acids is 1. The van der Waals surface area contributed by atoms with Crippen LogP contribution in [0.4, 0.5) is 0 Å². The van der Waals surface area contributed by atoms with Gasteiger partial charge in [0.15, 0.2) is 0 Å². The highest BCUT2D eigenvalue weighted by atomic mass is 16.5. The van der Waals surface area contributed by atoms with E-state index in [4.69, 9.17) is 9.84 Å². The fourth-order valence-electron chi connectivity index (χ4n) is 2.63. The van der Waals surface area contributed by atoms with E-state index in [1.165, 1.54) is 0 Å². The maximum Gasteiger partial charge on any atom is 0.309 e. The minimum atomic E-state index is -0.722. The number of carbonyl (C=O) groups is 2. The van der Waals surface area contributed by atoms with Gasteiger partial charge in [0.05, 0.1) is 18.4 Å². The van der Waals surface area contributed by atoms with Crippen molar-refractivity contribution in [3.8, 4) is 0 Å². The number of hydrogen-bond acceptors (Lipinski definition) is 3. The highest BCUT2D eigenvalue weighted by molar-refractivity contribution is 5.78. The van der Waals surface area contributed by atoms with E-state index in [9.17, 15) is 9.59 Å². The third-order valence-corrected chi connectivity index (χ3v) is 3.35. The van der Waals surface area contributed by atoms with Gasteiger partial charge < -0.3 is 9.84 Å². The molecule has 4 atom stereocenters. The van der Waals surface area contributed by atoms with E-state index in [1.54, 1.807) is 6.92 Å². The average molecular weight is 198 g/mol. The van der Waals surface area contributed by atoms with Crippen molar-refractivity contribution in [1.82, 2.24) is 0 Å². The van der Waals surface area contributed by atoms with Gasteiger partial charge in [-0.3, -0.25) is 9.59 Å². The van der Waals surface area contributed by atoms with Crippen LogP contribution in [-0.4, -0.2) is 23.7 Å². The molecule has 0 spiro atoms. The van der Waals surface area contributed by atoms with E-state index >= 15 is 0 Å². The number of carbonyl (C=O) groups excluding carboxylic acids is 1. The molecule has 0 heterocycles. The monoisotopic (exact) mass is 198 g/mol. The van der Waals surface area contributed by atoms with Gasteiger partial charge >= 0.3 is 11.9 Å². The molecule has 0 aromatic carbocycles. The number of ether oxygens (including phenoxy) is 1. The molecule has 0 bridgehead atoms. The standard InChI is InChI=1S/C10H14O4/c1-2-14-10(13)8-6-3-5(9(11)12)4-7(6)8/h5-8H,2-4H2,1H3,(H,11,12)/t5?,6-,7+,8?. The normalized spacial score (nSPS) is 38.9. The summed E-state index contributed by atoms with van der Waals surface area (Å²) >= 11 is 0. The molecule has 1 N–H and O–H groups in total. The molecular formula is C10H14O4. The van der Waals surface area contributed by atoms with E-state index in [0.29, 0.717) is 19.4 Å². The molecule has 4 heteroatoms. The maximum absolute atomic E-state index is 11.3. The molecule has 14 heavy (non-hydrogen) atoms. The molecular weight excluding hydrogens is 184 g/mol. The molecule has 2 fully saturated rings. The van der Waals surface area contributed by atoms with Gasteiger partial charge in [-0.05, 0) is 31.6 Å². The Kier molecular flexibility index (Phi) is 2.21. The topological polar surface area (TPSA) is 63.6 Å². The molecule has 2 saturated carbocycles. The Labute approximate surface area is 82.2 Å². The molecule has 0 saturated heterocycles. The second kappa shape index (κ2) is 3.26. The van der Waals surface area contributed by atoms with Gasteiger partial charge in [0.25, 0.3) is 0 Å². The third-order valence-electron chi connectivity index (χ3n) is 3.35. The molecule has 2 aliphatic rings. The summed E-state index contributed by atoms with van der Waals surface area (Å²) in [6.45, 7) is 2.20. The van der Waals surface area contributed by atoms with Crippen LogP contribution in [0.3, 0.4) is 0 Å². The van der Waals surface area contributed by atoms with Gasteiger partial charge in [0, 0.05) is 0 Å². The lowest BCUT2D eigenvalue weighted by Crippen LogP contribution is -2.17. The Balaban J connectivity index is 1.85. The van der Waals surface area contributed by atoms with Gasteiger partial charge in [0.2, 0.25) is 0 Å². The van der Waals surface area contributed by atoms with E-state index in [2.05, 4.69) is 0 Å². The first-order valence-corrected chi connectivity index (χ1v) is 5.04. The van der Waals surface area contributed by atoms with Crippen LogP contribution in [0, 0.1) is 23.7 Å². The summed E-state index contributed by atoms with van der Waals surface area (Å²) in [7, 11) is 0. The Hall–Kier alpha value is -1.06. The summed E-state index contributed by atoms with van der Waals surface area (Å²) in [5.41, 5.74) is 0. The number of esters is 1. The van der Waals surface area contributed by atoms with Crippen molar-refractivity contribution in [3.05, 3.63) is 0 Å². The van der Waals surface area contributed by atoms with E-state index in [-0.39, 0.29) is 29.6 Å². The van der Waals surface area contributed by atoms with Crippen LogP contribution in [-0.2, 0) is 14.3 Å². The minimum absolute atomic E-state index is 0.00514. The zero-order valence-corrected chi connectivity index (χ0v) is 8.10. The third kappa shape index (κ3) is 1.38. The number of fused-ring (bicyclic) bond motifs is 1. The van der Waals surface area contributed by atoms with Crippen LogP contribution in [0.25, 0.3) is 0 Å². The van der Waals surface area contributed by atoms with Crippen molar-refractivity contribution in [2.45, 2.75) is 19.8 Å². The highest BCUT2D eigenvalue weighted by Gasteiger charge is 2.61. The SMILES string of the molecule is CCOC(=O)C1[C@H]2CC(C(=O)O)C[C@@H]12. The molecule has 0 amide bonds. The smallest absolute Gasteiger partial charge is 0.309 e. The van der Waals surface area contributed by atoms with Crippen molar-refractivity contribution in [1.29, 1.82) is 0 Å². The fraction of sp³-hybridized carbons (Fsp3) is 0.800. The van der Waals surface area contributed by atoms with Crippen molar-refractivity contribution in [3.63, 3.8) is 0 Å². The number of carboxylic acid groups (broad SMARTS) is 1. The molecule has 2 unspecified atom stereocenters. The van der Waals surface area contributed by atoms with Gasteiger partial charge in [-0.1, -0.05) is 0 Å². The van der Waals surface area contributed by atoms with Crippen LogP contribution >= 0.6 is 0 Å². The number of carboxylic acids is 1. The summed E-state index contributed by atoms with van der Waals surface area (Å²) in [6.07, 6.45) is 1.31. The second-order valence-electron chi connectivity index (χ2n) is 4.11. The van der Waals surface area contributed by atoms with Gasteiger partial charge in [-0.25, -0.2) is 0 Å². The Bertz CT molecular complexity index is 261. The van der Waals surface area contributed by atoms with Crippen molar-refractivity contribution in [2.24, 2.45) is 23.7 Å². The molecule has 2 aliphatic carbocycles. The summed E-state index contributed by atoms with van der Waals surface area (Å²) in [5, 5.41) is 8.76. The zero-order valence-electron chi connectivity index (χ0n) is 8.10. The van der Waals surface area contributed by atoms with Gasteiger partial charge in [0.1, 0.15) is 0 Å².